The van der Waals surface area contributed by atoms with E-state index in [9.17, 15) is 18.0 Å². The third-order valence-electron chi connectivity index (χ3n) is 7.37. The van der Waals surface area contributed by atoms with Crippen molar-refractivity contribution in [3.8, 4) is 5.75 Å². The molecule has 0 bridgehead atoms. The Morgan fingerprint density at radius 1 is 0.894 bits per heavy atom. The molecule has 2 amide bonds. The molecule has 0 spiro atoms. The van der Waals surface area contributed by atoms with Crippen molar-refractivity contribution >= 4 is 39.1 Å². The summed E-state index contributed by atoms with van der Waals surface area (Å²) >= 11 is 6.06. The van der Waals surface area contributed by atoms with E-state index >= 15 is 4.39 Å². The van der Waals surface area contributed by atoms with Gasteiger partial charge in [0.25, 0.3) is 10.0 Å². The first-order valence-electron chi connectivity index (χ1n) is 15.4. The zero-order valence-electron chi connectivity index (χ0n) is 26.6. The zero-order valence-corrected chi connectivity index (χ0v) is 28.2. The smallest absolute Gasteiger partial charge is 0.264 e. The highest BCUT2D eigenvalue weighted by Crippen LogP contribution is 2.33. The van der Waals surface area contributed by atoms with Crippen molar-refractivity contribution in [2.45, 2.75) is 44.7 Å². The van der Waals surface area contributed by atoms with E-state index in [0.717, 1.165) is 9.87 Å². The van der Waals surface area contributed by atoms with Crippen molar-refractivity contribution in [1.82, 2.24) is 10.2 Å². The number of nitrogens with one attached hydrogen (secondary N) is 1. The Bertz CT molecular complexity index is 1750. The third kappa shape index (κ3) is 9.33. The van der Waals surface area contributed by atoms with Crippen LogP contribution < -0.4 is 14.4 Å². The normalized spacial score (nSPS) is 12.0. The molecule has 8 nitrogen and oxygen atoms in total. The molecule has 248 valence electrons. The topological polar surface area (TPSA) is 96.0 Å². The number of carbonyl (C=O) groups excluding carboxylic acids is 2. The average molecular weight is 680 g/mol. The summed E-state index contributed by atoms with van der Waals surface area (Å²) in [4.78, 5) is 29.6. The van der Waals surface area contributed by atoms with Gasteiger partial charge in [-0.2, -0.15) is 0 Å². The van der Waals surface area contributed by atoms with Gasteiger partial charge in [-0.25, -0.2) is 12.8 Å². The van der Waals surface area contributed by atoms with Crippen LogP contribution in [0.3, 0.4) is 0 Å². The van der Waals surface area contributed by atoms with E-state index in [2.05, 4.69) is 5.32 Å². The average Bonchev–Trinajstić information content (AvgIpc) is 3.06. The summed E-state index contributed by atoms with van der Waals surface area (Å²) in [6, 6.07) is 26.2. The maximum absolute atomic E-state index is 15.1. The molecule has 1 atom stereocenters. The van der Waals surface area contributed by atoms with Gasteiger partial charge in [-0.15, -0.1) is 0 Å². The molecule has 0 aliphatic heterocycles. The molecule has 4 aromatic rings. The summed E-state index contributed by atoms with van der Waals surface area (Å²) in [6.45, 7) is 5.28. The Balaban J connectivity index is 1.84. The lowest BCUT2D eigenvalue weighted by atomic mass is 10.0. The summed E-state index contributed by atoms with van der Waals surface area (Å²) in [5, 5.41) is 3.26. The van der Waals surface area contributed by atoms with Crippen molar-refractivity contribution in [3.63, 3.8) is 0 Å². The highest BCUT2D eigenvalue weighted by Gasteiger charge is 2.36. The minimum Gasteiger partial charge on any atom is -0.492 e. The van der Waals surface area contributed by atoms with Gasteiger partial charge in [0.1, 0.15) is 24.2 Å². The van der Waals surface area contributed by atoms with Crippen LogP contribution in [-0.2, 0) is 32.6 Å². The lowest BCUT2D eigenvalue weighted by Gasteiger charge is -2.34. The molecule has 0 radical (unpaired) electrons. The molecule has 0 saturated heterocycles. The van der Waals surface area contributed by atoms with E-state index in [1.807, 2.05) is 44.2 Å². The predicted molar refractivity (Wildman–Crippen MR) is 182 cm³/mol. The molecule has 11 heteroatoms. The Morgan fingerprint density at radius 3 is 2.19 bits per heavy atom. The predicted octanol–water partition coefficient (Wildman–Crippen LogP) is 6.49. The summed E-state index contributed by atoms with van der Waals surface area (Å²) in [7, 11) is -4.38. The molecular weight excluding hydrogens is 641 g/mol. The van der Waals surface area contributed by atoms with Crippen LogP contribution in [0.4, 0.5) is 10.1 Å². The number of benzene rings is 4. The van der Waals surface area contributed by atoms with Gasteiger partial charge in [0.2, 0.25) is 11.8 Å². The van der Waals surface area contributed by atoms with Crippen molar-refractivity contribution in [3.05, 3.63) is 125 Å². The van der Waals surface area contributed by atoms with Gasteiger partial charge in [0, 0.05) is 30.1 Å². The monoisotopic (exact) mass is 679 g/mol. The summed E-state index contributed by atoms with van der Waals surface area (Å²) in [6.07, 6.45) is 0.116. The van der Waals surface area contributed by atoms with E-state index in [0.29, 0.717) is 11.6 Å². The molecule has 0 fully saturated rings. The Kier molecular flexibility index (Phi) is 12.4. The van der Waals surface area contributed by atoms with Gasteiger partial charge in [-0.1, -0.05) is 86.1 Å². The van der Waals surface area contributed by atoms with Crippen LogP contribution in [0.25, 0.3) is 0 Å². The molecule has 4 rings (SSSR count). The fourth-order valence-corrected chi connectivity index (χ4v) is 6.53. The van der Waals surface area contributed by atoms with Gasteiger partial charge in [0.15, 0.2) is 0 Å². The third-order valence-corrected chi connectivity index (χ3v) is 9.39. The fraction of sp³-hybridized carbons (Fsp3) is 0.278. The van der Waals surface area contributed by atoms with Crippen LogP contribution in [0, 0.1) is 11.7 Å². The van der Waals surface area contributed by atoms with Crippen molar-refractivity contribution in [2.75, 3.05) is 24.0 Å². The molecule has 0 aliphatic rings. The molecule has 0 aliphatic carbocycles. The number of nitrogens with zero attached hydrogens (tertiary/aromatic N) is 2. The van der Waals surface area contributed by atoms with Crippen molar-refractivity contribution in [1.29, 1.82) is 0 Å². The maximum atomic E-state index is 15.1. The van der Waals surface area contributed by atoms with Crippen LogP contribution in [0.15, 0.2) is 108 Å². The maximum Gasteiger partial charge on any atom is 0.264 e. The second-order valence-corrected chi connectivity index (χ2v) is 13.6. The first kappa shape index (κ1) is 35.4. The van der Waals surface area contributed by atoms with Gasteiger partial charge in [-0.05, 0) is 60.9 Å². The largest absolute Gasteiger partial charge is 0.492 e. The van der Waals surface area contributed by atoms with E-state index in [-0.39, 0.29) is 47.4 Å². The Labute approximate surface area is 281 Å². The molecule has 4 aromatic carbocycles. The quantitative estimate of drug-likeness (QED) is 0.155. The molecule has 0 aromatic heterocycles. The van der Waals surface area contributed by atoms with E-state index in [1.165, 1.54) is 47.4 Å². The summed E-state index contributed by atoms with van der Waals surface area (Å²) in [5.74, 6) is -1.33. The standard InChI is InChI=1S/C36H39ClFN3O5S/c1-4-46-34-17-11-10-16-32(34)41(47(44,45)30-20-18-29(37)19-21-30)25-35(42)40(24-28-14-8-9-15-31(28)38)33(36(43)39-23-26(2)3)22-27-12-6-5-7-13-27/h5-21,26,33H,4,22-25H2,1-3H3,(H,39,43)/t33-/m0/s1. The lowest BCUT2D eigenvalue weighted by Crippen LogP contribution is -2.53. The summed E-state index contributed by atoms with van der Waals surface area (Å²) in [5.41, 5.74) is 1.08. The lowest BCUT2D eigenvalue weighted by molar-refractivity contribution is -0.140. The summed E-state index contributed by atoms with van der Waals surface area (Å²) < 4.78 is 50.4. The number of hydrogen-bond donors (Lipinski definition) is 1. The molecule has 0 heterocycles. The van der Waals surface area contributed by atoms with E-state index < -0.39 is 40.2 Å². The number of ether oxygens (including phenoxy) is 1. The molecular formula is C36H39ClFN3O5S. The first-order valence-corrected chi connectivity index (χ1v) is 17.2. The molecule has 1 N–H and O–H groups in total. The van der Waals surface area contributed by atoms with Gasteiger partial charge < -0.3 is 15.0 Å². The van der Waals surface area contributed by atoms with Crippen molar-refractivity contribution < 1.29 is 27.1 Å². The number of sulfonamides is 1. The first-order chi connectivity index (χ1) is 22.5. The number of amides is 2. The van der Waals surface area contributed by atoms with E-state index in [1.54, 1.807) is 37.3 Å². The number of hydrogen-bond acceptors (Lipinski definition) is 5. The van der Waals surface area contributed by atoms with Crippen LogP contribution in [0.2, 0.25) is 5.02 Å². The Hall–Kier alpha value is -4.41. The number of halogens is 2. The van der Waals surface area contributed by atoms with Crippen LogP contribution in [0.5, 0.6) is 5.75 Å². The number of rotatable bonds is 15. The number of carbonyl (C=O) groups is 2. The van der Waals surface area contributed by atoms with E-state index in [4.69, 9.17) is 16.3 Å². The minimum absolute atomic E-state index is 0.0998. The van der Waals surface area contributed by atoms with Crippen LogP contribution in [-0.4, -0.2) is 50.9 Å². The SMILES string of the molecule is CCOc1ccccc1N(CC(=O)N(Cc1ccccc1F)[C@@H](Cc1ccccc1)C(=O)NCC(C)C)S(=O)(=O)c1ccc(Cl)cc1. The second-order valence-electron chi connectivity index (χ2n) is 11.3. The minimum atomic E-state index is -4.38. The number of para-hydroxylation sites is 2. The zero-order chi connectivity index (χ0) is 34.0. The fourth-order valence-electron chi connectivity index (χ4n) is 4.97. The molecule has 0 saturated carbocycles. The second kappa shape index (κ2) is 16.4. The Morgan fingerprint density at radius 2 is 1.53 bits per heavy atom. The molecule has 0 unspecified atom stereocenters. The van der Waals surface area contributed by atoms with Crippen molar-refractivity contribution in [2.24, 2.45) is 5.92 Å². The van der Waals surface area contributed by atoms with Gasteiger partial charge >= 0.3 is 0 Å². The molecule has 47 heavy (non-hydrogen) atoms. The highest BCUT2D eigenvalue weighted by molar-refractivity contribution is 7.92. The number of anilines is 1. The van der Waals surface area contributed by atoms with Crippen LogP contribution >= 0.6 is 11.6 Å². The highest BCUT2D eigenvalue weighted by atomic mass is 35.5. The van der Waals surface area contributed by atoms with Crippen LogP contribution in [0.1, 0.15) is 31.9 Å². The van der Waals surface area contributed by atoms with Gasteiger partial charge in [-0.3, -0.25) is 13.9 Å². The van der Waals surface area contributed by atoms with Gasteiger partial charge in [0.05, 0.1) is 17.2 Å².